The van der Waals surface area contributed by atoms with Gasteiger partial charge in [0.05, 0.1) is 10.0 Å². The molecule has 4 nitrogen and oxygen atoms in total. The number of anilines is 1. The van der Waals surface area contributed by atoms with Gasteiger partial charge in [-0.05, 0) is 12.1 Å². The van der Waals surface area contributed by atoms with Crippen LogP contribution in [0.1, 0.15) is 6.92 Å². The van der Waals surface area contributed by atoms with Crippen LogP contribution in [0.15, 0.2) is 17.0 Å². The number of rotatable bonds is 3. The zero-order chi connectivity index (χ0) is 11.6. The van der Waals surface area contributed by atoms with E-state index >= 15 is 0 Å². The van der Waals surface area contributed by atoms with E-state index < -0.39 is 10.0 Å². The number of halogens is 2. The van der Waals surface area contributed by atoms with E-state index in [1.165, 1.54) is 12.1 Å². The summed E-state index contributed by atoms with van der Waals surface area (Å²) in [6.07, 6.45) is 0. The van der Waals surface area contributed by atoms with Crippen LogP contribution in [-0.2, 0) is 10.0 Å². The smallest absolute Gasteiger partial charge is 0.243 e. The summed E-state index contributed by atoms with van der Waals surface area (Å²) < 4.78 is 25.6. The van der Waals surface area contributed by atoms with Gasteiger partial charge in [0, 0.05) is 12.2 Å². The number of nitrogen functional groups attached to an aromatic ring is 1. The first-order valence-corrected chi connectivity index (χ1v) is 6.36. The van der Waals surface area contributed by atoms with Gasteiger partial charge in [-0.2, -0.15) is 0 Å². The van der Waals surface area contributed by atoms with E-state index in [-0.39, 0.29) is 21.5 Å². The van der Waals surface area contributed by atoms with Crippen molar-refractivity contribution in [1.82, 2.24) is 4.72 Å². The van der Waals surface area contributed by atoms with Crippen molar-refractivity contribution < 1.29 is 8.42 Å². The van der Waals surface area contributed by atoms with Crippen LogP contribution in [-0.4, -0.2) is 15.0 Å². The van der Waals surface area contributed by atoms with E-state index in [0.717, 1.165) is 0 Å². The standard InChI is InChI=1S/C8H10Cl2N2O2S/c1-2-12-15(13,14)8-6(9)3-5(11)4-7(8)10/h3-4,12H,2,11H2,1H3. The van der Waals surface area contributed by atoms with Crippen molar-refractivity contribution in [3.05, 3.63) is 22.2 Å². The highest BCUT2D eigenvalue weighted by molar-refractivity contribution is 7.89. The fourth-order valence-corrected chi connectivity index (χ4v) is 3.37. The molecule has 7 heteroatoms. The van der Waals surface area contributed by atoms with Gasteiger partial charge in [-0.3, -0.25) is 0 Å². The van der Waals surface area contributed by atoms with Gasteiger partial charge in [0.15, 0.2) is 0 Å². The lowest BCUT2D eigenvalue weighted by atomic mass is 10.3. The maximum atomic E-state index is 11.7. The maximum Gasteiger partial charge on any atom is 0.243 e. The molecule has 84 valence electrons. The number of hydrogen-bond acceptors (Lipinski definition) is 3. The fourth-order valence-electron chi connectivity index (χ4n) is 1.10. The van der Waals surface area contributed by atoms with Crippen molar-refractivity contribution in [3.63, 3.8) is 0 Å². The third-order valence-corrected chi connectivity index (χ3v) is 4.09. The lowest BCUT2D eigenvalue weighted by molar-refractivity contribution is 0.584. The molecule has 3 N–H and O–H groups in total. The van der Waals surface area contributed by atoms with Gasteiger partial charge >= 0.3 is 0 Å². The van der Waals surface area contributed by atoms with E-state index in [2.05, 4.69) is 4.72 Å². The van der Waals surface area contributed by atoms with Gasteiger partial charge < -0.3 is 5.73 Å². The van der Waals surface area contributed by atoms with E-state index in [0.29, 0.717) is 5.69 Å². The average Bonchev–Trinajstić information content (AvgIpc) is 1.99. The highest BCUT2D eigenvalue weighted by atomic mass is 35.5. The van der Waals surface area contributed by atoms with Crippen molar-refractivity contribution in [3.8, 4) is 0 Å². The summed E-state index contributed by atoms with van der Waals surface area (Å²) in [4.78, 5) is -0.137. The minimum absolute atomic E-state index is 0.0148. The molecule has 0 spiro atoms. The number of nitrogens with two attached hydrogens (primary N) is 1. The van der Waals surface area contributed by atoms with E-state index in [1.807, 2.05) is 0 Å². The Morgan fingerprint density at radius 2 is 1.80 bits per heavy atom. The highest BCUT2D eigenvalue weighted by Gasteiger charge is 2.21. The second-order valence-electron chi connectivity index (χ2n) is 2.82. The maximum absolute atomic E-state index is 11.7. The summed E-state index contributed by atoms with van der Waals surface area (Å²) in [5.41, 5.74) is 5.78. The van der Waals surface area contributed by atoms with Gasteiger partial charge in [0.2, 0.25) is 10.0 Å². The van der Waals surface area contributed by atoms with Crippen LogP contribution in [0.3, 0.4) is 0 Å². The normalized spacial score (nSPS) is 11.7. The van der Waals surface area contributed by atoms with E-state index in [1.54, 1.807) is 6.92 Å². The molecule has 1 aromatic rings. The minimum Gasteiger partial charge on any atom is -0.399 e. The summed E-state index contributed by atoms with van der Waals surface area (Å²) in [7, 11) is -3.66. The van der Waals surface area contributed by atoms with Crippen LogP contribution in [0.2, 0.25) is 10.0 Å². The zero-order valence-electron chi connectivity index (χ0n) is 7.92. The van der Waals surface area contributed by atoms with Gasteiger partial charge in [-0.15, -0.1) is 0 Å². The Morgan fingerprint density at radius 3 is 2.20 bits per heavy atom. The third-order valence-electron chi connectivity index (χ3n) is 1.62. The number of hydrogen-bond donors (Lipinski definition) is 2. The summed E-state index contributed by atoms with van der Waals surface area (Å²) in [6.45, 7) is 1.93. The van der Waals surface area contributed by atoms with Crippen LogP contribution in [0.5, 0.6) is 0 Å². The Bertz CT molecular complexity index is 451. The molecule has 15 heavy (non-hydrogen) atoms. The second-order valence-corrected chi connectivity index (χ2v) is 5.33. The molecule has 0 atom stereocenters. The summed E-state index contributed by atoms with van der Waals surface area (Å²) in [5, 5.41) is 0.0295. The fraction of sp³-hybridized carbons (Fsp3) is 0.250. The average molecular weight is 269 g/mol. The Kier molecular flexibility index (Phi) is 3.83. The van der Waals surface area contributed by atoms with Crippen LogP contribution < -0.4 is 10.5 Å². The third kappa shape index (κ3) is 2.75. The first-order valence-electron chi connectivity index (χ1n) is 4.12. The molecule has 1 aromatic carbocycles. The molecule has 0 unspecified atom stereocenters. The van der Waals surface area contributed by atoms with Crippen molar-refractivity contribution in [2.24, 2.45) is 0 Å². The lowest BCUT2D eigenvalue weighted by Gasteiger charge is -2.09. The molecule has 0 fully saturated rings. The second kappa shape index (κ2) is 4.57. The van der Waals surface area contributed by atoms with Crippen molar-refractivity contribution >= 4 is 38.9 Å². The molecular formula is C8H10Cl2N2O2S. The van der Waals surface area contributed by atoms with Crippen LogP contribution in [0.4, 0.5) is 5.69 Å². The topological polar surface area (TPSA) is 72.2 Å². The number of sulfonamides is 1. The predicted molar refractivity (Wildman–Crippen MR) is 61.7 cm³/mol. The summed E-state index contributed by atoms with van der Waals surface area (Å²) >= 11 is 11.5. The van der Waals surface area contributed by atoms with Gasteiger partial charge in [-0.25, -0.2) is 13.1 Å². The molecule has 0 heterocycles. The molecule has 0 radical (unpaired) electrons. The Labute approximate surface area is 98.4 Å². The van der Waals surface area contributed by atoms with Gasteiger partial charge in [0.25, 0.3) is 0 Å². The van der Waals surface area contributed by atoms with E-state index in [9.17, 15) is 8.42 Å². The Balaban J connectivity index is 3.38. The molecule has 0 aliphatic heterocycles. The molecule has 0 saturated heterocycles. The van der Waals surface area contributed by atoms with Crippen LogP contribution in [0.25, 0.3) is 0 Å². The van der Waals surface area contributed by atoms with Crippen molar-refractivity contribution in [1.29, 1.82) is 0 Å². The summed E-state index contributed by atoms with van der Waals surface area (Å²) in [6, 6.07) is 2.69. The van der Waals surface area contributed by atoms with E-state index in [4.69, 9.17) is 28.9 Å². The Morgan fingerprint density at radius 1 is 1.33 bits per heavy atom. The van der Waals surface area contributed by atoms with Gasteiger partial charge in [0.1, 0.15) is 4.90 Å². The Hall–Kier alpha value is -0.490. The number of benzene rings is 1. The zero-order valence-corrected chi connectivity index (χ0v) is 10.2. The molecule has 1 rings (SSSR count). The molecule has 0 amide bonds. The SMILES string of the molecule is CCNS(=O)(=O)c1c(Cl)cc(N)cc1Cl. The summed E-state index contributed by atoms with van der Waals surface area (Å²) in [5.74, 6) is 0. The lowest BCUT2D eigenvalue weighted by Crippen LogP contribution is -2.23. The predicted octanol–water partition coefficient (Wildman–Crippen LogP) is 1.87. The highest BCUT2D eigenvalue weighted by Crippen LogP contribution is 2.31. The number of nitrogens with one attached hydrogen (secondary N) is 1. The first-order chi connectivity index (χ1) is 6.88. The van der Waals surface area contributed by atoms with Crippen LogP contribution >= 0.6 is 23.2 Å². The van der Waals surface area contributed by atoms with Crippen LogP contribution in [0, 0.1) is 0 Å². The molecule has 0 aliphatic rings. The largest absolute Gasteiger partial charge is 0.399 e. The molecule has 0 bridgehead atoms. The molecular weight excluding hydrogens is 259 g/mol. The minimum atomic E-state index is -3.66. The van der Waals surface area contributed by atoms with Crippen molar-refractivity contribution in [2.75, 3.05) is 12.3 Å². The monoisotopic (exact) mass is 268 g/mol. The van der Waals surface area contributed by atoms with Crippen molar-refractivity contribution in [2.45, 2.75) is 11.8 Å². The molecule has 0 saturated carbocycles. The molecule has 0 aromatic heterocycles. The quantitative estimate of drug-likeness (QED) is 0.823. The van der Waals surface area contributed by atoms with Gasteiger partial charge in [-0.1, -0.05) is 30.1 Å². The first kappa shape index (κ1) is 12.6. The molecule has 0 aliphatic carbocycles.